The van der Waals surface area contributed by atoms with Crippen molar-refractivity contribution in [2.45, 2.75) is 19.9 Å². The summed E-state index contributed by atoms with van der Waals surface area (Å²) in [6, 6.07) is 11.7. The van der Waals surface area contributed by atoms with E-state index in [-0.39, 0.29) is 18.4 Å². The summed E-state index contributed by atoms with van der Waals surface area (Å²) in [6.45, 7) is 3.56. The Morgan fingerprint density at radius 3 is 2.70 bits per heavy atom. The van der Waals surface area contributed by atoms with Gasteiger partial charge in [0.15, 0.2) is 0 Å². The number of anilines is 3. The van der Waals surface area contributed by atoms with E-state index < -0.39 is 12.0 Å². The Bertz CT molecular complexity index is 910. The smallest absolute Gasteiger partial charge is 0.337 e. The number of hydrogen-bond donors (Lipinski definition) is 2. The number of aryl methyl sites for hydroxylation is 1. The van der Waals surface area contributed by atoms with E-state index in [0.717, 1.165) is 5.56 Å². The van der Waals surface area contributed by atoms with Crippen LogP contribution in [0.25, 0.3) is 0 Å². The van der Waals surface area contributed by atoms with Gasteiger partial charge in [0.2, 0.25) is 11.8 Å². The maximum Gasteiger partial charge on any atom is 0.337 e. The molecule has 0 spiro atoms. The minimum atomic E-state index is -0.601. The van der Waals surface area contributed by atoms with Crippen molar-refractivity contribution in [2.75, 3.05) is 29.2 Å². The first-order valence-corrected chi connectivity index (χ1v) is 8.56. The van der Waals surface area contributed by atoms with Crippen molar-refractivity contribution in [3.63, 3.8) is 0 Å². The van der Waals surface area contributed by atoms with Crippen molar-refractivity contribution in [1.82, 2.24) is 0 Å². The molecule has 1 atom stereocenters. The summed E-state index contributed by atoms with van der Waals surface area (Å²) in [5.41, 5.74) is 3.22. The molecule has 2 amide bonds. The van der Waals surface area contributed by atoms with E-state index in [2.05, 4.69) is 10.6 Å². The molecule has 1 aliphatic rings. The molecule has 0 radical (unpaired) electrons. The van der Waals surface area contributed by atoms with Gasteiger partial charge in [-0.05, 0) is 43.7 Å². The molecular weight excluding hydrogens is 346 g/mol. The number of carbonyl (C=O) groups excluding carboxylic acids is 3. The van der Waals surface area contributed by atoms with Crippen LogP contribution in [0.1, 0.15) is 22.8 Å². The average molecular weight is 367 g/mol. The monoisotopic (exact) mass is 367 g/mol. The Morgan fingerprint density at radius 1 is 1.22 bits per heavy atom. The first-order valence-electron chi connectivity index (χ1n) is 8.56. The van der Waals surface area contributed by atoms with Crippen LogP contribution in [0.2, 0.25) is 0 Å². The van der Waals surface area contributed by atoms with Crippen LogP contribution in [0.4, 0.5) is 17.1 Å². The van der Waals surface area contributed by atoms with Gasteiger partial charge < -0.3 is 15.4 Å². The standard InChI is InChI=1S/C20H21N3O4/c1-12-8-9-14(20(26)27-3)10-16(12)21-13(2)19(25)23-11-18(24)22-15-6-4-5-7-17(15)23/h4-10,13,21H,11H2,1-3H3,(H,22,24)/t13-/m1/s1. The molecule has 2 aromatic rings. The average Bonchev–Trinajstić information content (AvgIpc) is 2.67. The molecule has 0 bridgehead atoms. The molecule has 0 saturated heterocycles. The Balaban J connectivity index is 1.83. The highest BCUT2D eigenvalue weighted by molar-refractivity contribution is 6.11. The maximum atomic E-state index is 13.0. The molecule has 3 rings (SSSR count). The van der Waals surface area contributed by atoms with Crippen molar-refractivity contribution in [3.8, 4) is 0 Å². The molecule has 1 aliphatic heterocycles. The Hall–Kier alpha value is -3.35. The number of esters is 1. The molecule has 7 heteroatoms. The van der Waals surface area contributed by atoms with Crippen LogP contribution in [0.3, 0.4) is 0 Å². The van der Waals surface area contributed by atoms with Crippen LogP contribution in [-0.4, -0.2) is 37.5 Å². The topological polar surface area (TPSA) is 87.7 Å². The van der Waals surface area contributed by atoms with Crippen LogP contribution in [-0.2, 0) is 14.3 Å². The van der Waals surface area contributed by atoms with Gasteiger partial charge in [0.25, 0.3) is 0 Å². The Morgan fingerprint density at radius 2 is 1.96 bits per heavy atom. The van der Waals surface area contributed by atoms with Crippen LogP contribution < -0.4 is 15.5 Å². The molecule has 7 nitrogen and oxygen atoms in total. The van der Waals surface area contributed by atoms with Crippen molar-refractivity contribution >= 4 is 34.8 Å². The first kappa shape index (κ1) is 18.4. The molecule has 1 heterocycles. The van der Waals surface area contributed by atoms with Gasteiger partial charge in [0.1, 0.15) is 12.6 Å². The van der Waals surface area contributed by atoms with E-state index in [9.17, 15) is 14.4 Å². The fourth-order valence-corrected chi connectivity index (χ4v) is 2.98. The van der Waals surface area contributed by atoms with Crippen LogP contribution >= 0.6 is 0 Å². The third-order valence-electron chi connectivity index (χ3n) is 4.44. The summed E-state index contributed by atoms with van der Waals surface area (Å²) >= 11 is 0. The number of nitrogens with one attached hydrogen (secondary N) is 2. The molecule has 2 aromatic carbocycles. The molecular formula is C20H21N3O4. The van der Waals surface area contributed by atoms with Gasteiger partial charge in [0.05, 0.1) is 24.0 Å². The van der Waals surface area contributed by atoms with E-state index in [1.54, 1.807) is 43.3 Å². The number of para-hydroxylation sites is 2. The summed E-state index contributed by atoms with van der Waals surface area (Å²) in [5, 5.41) is 5.91. The lowest BCUT2D eigenvalue weighted by Crippen LogP contribution is -2.47. The summed E-state index contributed by atoms with van der Waals surface area (Å²) < 4.78 is 4.74. The predicted molar refractivity (Wildman–Crippen MR) is 103 cm³/mol. The van der Waals surface area contributed by atoms with Gasteiger partial charge in [-0.15, -0.1) is 0 Å². The summed E-state index contributed by atoms with van der Waals surface area (Å²) in [4.78, 5) is 38.2. The second-order valence-corrected chi connectivity index (χ2v) is 6.38. The van der Waals surface area contributed by atoms with Gasteiger partial charge in [0, 0.05) is 5.69 Å². The highest BCUT2D eigenvalue weighted by atomic mass is 16.5. The number of amides is 2. The molecule has 0 unspecified atom stereocenters. The lowest BCUT2D eigenvalue weighted by atomic mass is 10.1. The van der Waals surface area contributed by atoms with Gasteiger partial charge in [-0.3, -0.25) is 14.5 Å². The van der Waals surface area contributed by atoms with Crippen molar-refractivity contribution < 1.29 is 19.1 Å². The normalized spacial score (nSPS) is 14.0. The highest BCUT2D eigenvalue weighted by Gasteiger charge is 2.29. The van der Waals surface area contributed by atoms with E-state index in [4.69, 9.17) is 4.74 Å². The third kappa shape index (κ3) is 3.76. The van der Waals surface area contributed by atoms with Crippen LogP contribution in [0.5, 0.6) is 0 Å². The fourth-order valence-electron chi connectivity index (χ4n) is 2.98. The zero-order chi connectivity index (χ0) is 19.6. The largest absolute Gasteiger partial charge is 0.465 e. The summed E-state index contributed by atoms with van der Waals surface area (Å²) in [7, 11) is 1.32. The number of carbonyl (C=O) groups is 3. The Labute approximate surface area is 157 Å². The van der Waals surface area contributed by atoms with Crippen molar-refractivity contribution in [2.24, 2.45) is 0 Å². The SMILES string of the molecule is COC(=O)c1ccc(C)c(N[C@H](C)C(=O)N2CC(=O)Nc3ccccc32)c1. The van der Waals surface area contributed by atoms with Crippen LogP contribution in [0.15, 0.2) is 42.5 Å². The molecule has 140 valence electrons. The lowest BCUT2D eigenvalue weighted by Gasteiger charge is -2.31. The number of fused-ring (bicyclic) bond motifs is 1. The van der Waals surface area contributed by atoms with Gasteiger partial charge in [-0.1, -0.05) is 18.2 Å². The molecule has 27 heavy (non-hydrogen) atoms. The van der Waals surface area contributed by atoms with Gasteiger partial charge in [-0.25, -0.2) is 4.79 Å². The van der Waals surface area contributed by atoms with E-state index in [0.29, 0.717) is 22.6 Å². The molecule has 0 aliphatic carbocycles. The number of ether oxygens (including phenoxy) is 1. The minimum absolute atomic E-state index is 0.0386. The summed E-state index contributed by atoms with van der Waals surface area (Å²) in [6.07, 6.45) is 0. The van der Waals surface area contributed by atoms with E-state index >= 15 is 0 Å². The van der Waals surface area contributed by atoms with Gasteiger partial charge in [-0.2, -0.15) is 0 Å². The first-order chi connectivity index (χ1) is 12.9. The van der Waals surface area contributed by atoms with Gasteiger partial charge >= 0.3 is 5.97 Å². The second kappa shape index (κ2) is 7.49. The van der Waals surface area contributed by atoms with E-state index in [1.165, 1.54) is 12.0 Å². The predicted octanol–water partition coefficient (Wildman–Crippen LogP) is 2.57. The van der Waals surface area contributed by atoms with Crippen molar-refractivity contribution in [1.29, 1.82) is 0 Å². The molecule has 0 saturated carbocycles. The molecule has 0 fully saturated rings. The van der Waals surface area contributed by atoms with E-state index in [1.807, 2.05) is 13.0 Å². The highest BCUT2D eigenvalue weighted by Crippen LogP contribution is 2.29. The third-order valence-corrected chi connectivity index (χ3v) is 4.44. The number of nitrogens with zero attached hydrogens (tertiary/aromatic N) is 1. The minimum Gasteiger partial charge on any atom is -0.465 e. The Kier molecular flexibility index (Phi) is 5.12. The number of methoxy groups -OCH3 is 1. The fraction of sp³-hybridized carbons (Fsp3) is 0.250. The molecule has 2 N–H and O–H groups in total. The maximum absolute atomic E-state index is 13.0. The quantitative estimate of drug-likeness (QED) is 0.811. The summed E-state index contributed by atoms with van der Waals surface area (Å²) in [5.74, 6) is -0.919. The zero-order valence-corrected chi connectivity index (χ0v) is 15.4. The molecule has 0 aromatic heterocycles. The lowest BCUT2D eigenvalue weighted by molar-refractivity contribution is -0.122. The second-order valence-electron chi connectivity index (χ2n) is 6.38. The number of hydrogen-bond acceptors (Lipinski definition) is 5. The number of rotatable bonds is 4. The zero-order valence-electron chi connectivity index (χ0n) is 15.4. The van der Waals surface area contributed by atoms with Crippen LogP contribution in [0, 0.1) is 6.92 Å². The number of benzene rings is 2. The van der Waals surface area contributed by atoms with Crippen molar-refractivity contribution in [3.05, 3.63) is 53.6 Å².